The number of hydrogen-bond acceptors (Lipinski definition) is 5. The van der Waals surface area contributed by atoms with Gasteiger partial charge in [-0.05, 0) is 18.9 Å². The molecule has 5 heteroatoms. The van der Waals surface area contributed by atoms with Crippen molar-refractivity contribution < 1.29 is 8.94 Å². The summed E-state index contributed by atoms with van der Waals surface area (Å²) in [4.78, 5) is 4.25. The van der Waals surface area contributed by atoms with Crippen LogP contribution in [0.4, 0.5) is 0 Å². The van der Waals surface area contributed by atoms with Crippen molar-refractivity contribution in [2.45, 2.75) is 25.4 Å². The van der Waals surface area contributed by atoms with Gasteiger partial charge in [-0.15, -0.1) is 0 Å². The average Bonchev–Trinajstić information content (AvgIpc) is 2.78. The summed E-state index contributed by atoms with van der Waals surface area (Å²) in [5, 5.41) is 7.18. The predicted molar refractivity (Wildman–Crippen MR) is 51.9 cm³/mol. The van der Waals surface area contributed by atoms with E-state index in [0.717, 1.165) is 5.56 Å². The van der Waals surface area contributed by atoms with Crippen molar-refractivity contribution in [2.75, 3.05) is 0 Å². The summed E-state index contributed by atoms with van der Waals surface area (Å²) >= 11 is 0. The third-order valence-electron chi connectivity index (χ3n) is 2.37. The van der Waals surface area contributed by atoms with Crippen LogP contribution in [-0.4, -0.2) is 16.2 Å². The molecule has 2 aromatic rings. The second-order valence-corrected chi connectivity index (χ2v) is 3.68. The standard InChI is InChI=1S/C10H11N3O2/c1-2-8(1)11-5-9-12-10(13-15-9)7-3-4-14-6-7/h3-4,6,8,11H,1-2,5H2. The van der Waals surface area contributed by atoms with Crippen molar-refractivity contribution >= 4 is 0 Å². The smallest absolute Gasteiger partial charge is 0.240 e. The van der Waals surface area contributed by atoms with Gasteiger partial charge in [-0.25, -0.2) is 0 Å². The van der Waals surface area contributed by atoms with E-state index < -0.39 is 0 Å². The molecule has 1 saturated carbocycles. The van der Waals surface area contributed by atoms with Gasteiger partial charge < -0.3 is 14.3 Å². The molecule has 0 aromatic carbocycles. The van der Waals surface area contributed by atoms with Crippen molar-refractivity contribution in [3.8, 4) is 11.4 Å². The van der Waals surface area contributed by atoms with E-state index in [2.05, 4.69) is 15.5 Å². The predicted octanol–water partition coefficient (Wildman–Crippen LogP) is 1.58. The summed E-state index contributed by atoms with van der Waals surface area (Å²) in [6.07, 6.45) is 5.70. The van der Waals surface area contributed by atoms with Gasteiger partial charge in [0.05, 0.1) is 18.4 Å². The fourth-order valence-electron chi connectivity index (χ4n) is 1.35. The summed E-state index contributed by atoms with van der Waals surface area (Å²) in [6.45, 7) is 0.648. The lowest BCUT2D eigenvalue weighted by Crippen LogP contribution is -2.15. The lowest BCUT2D eigenvalue weighted by Gasteiger charge is -1.94. The first-order valence-electron chi connectivity index (χ1n) is 5.00. The molecule has 0 radical (unpaired) electrons. The molecule has 0 bridgehead atoms. The molecule has 3 rings (SSSR count). The maximum atomic E-state index is 5.10. The van der Waals surface area contributed by atoms with Crippen LogP contribution in [0.1, 0.15) is 18.7 Å². The Bertz CT molecular complexity index is 431. The lowest BCUT2D eigenvalue weighted by atomic mass is 10.3. The fourth-order valence-corrected chi connectivity index (χ4v) is 1.35. The first kappa shape index (κ1) is 8.67. The van der Waals surface area contributed by atoms with Crippen LogP contribution in [0.25, 0.3) is 11.4 Å². The van der Waals surface area contributed by atoms with Crippen molar-refractivity contribution in [2.24, 2.45) is 0 Å². The molecule has 0 atom stereocenters. The Morgan fingerprint density at radius 1 is 1.47 bits per heavy atom. The van der Waals surface area contributed by atoms with Crippen LogP contribution in [0.15, 0.2) is 27.5 Å². The molecule has 1 fully saturated rings. The van der Waals surface area contributed by atoms with Gasteiger partial charge in [0.1, 0.15) is 6.26 Å². The fraction of sp³-hybridized carbons (Fsp3) is 0.400. The number of nitrogens with one attached hydrogen (secondary N) is 1. The highest BCUT2D eigenvalue weighted by atomic mass is 16.5. The van der Waals surface area contributed by atoms with Gasteiger partial charge in [0.25, 0.3) is 0 Å². The van der Waals surface area contributed by atoms with E-state index in [1.807, 2.05) is 6.07 Å². The summed E-state index contributed by atoms with van der Waals surface area (Å²) < 4.78 is 10.1. The average molecular weight is 205 g/mol. The first-order chi connectivity index (χ1) is 7.42. The Labute approximate surface area is 86.5 Å². The van der Waals surface area contributed by atoms with Gasteiger partial charge in [0.15, 0.2) is 0 Å². The quantitative estimate of drug-likeness (QED) is 0.820. The molecule has 0 saturated heterocycles. The van der Waals surface area contributed by atoms with Crippen molar-refractivity contribution in [1.29, 1.82) is 0 Å². The van der Waals surface area contributed by atoms with E-state index in [1.165, 1.54) is 12.8 Å². The molecular weight excluding hydrogens is 194 g/mol. The largest absolute Gasteiger partial charge is 0.472 e. The van der Waals surface area contributed by atoms with E-state index in [4.69, 9.17) is 8.94 Å². The minimum Gasteiger partial charge on any atom is -0.472 e. The molecule has 78 valence electrons. The first-order valence-corrected chi connectivity index (χ1v) is 5.00. The van der Waals surface area contributed by atoms with E-state index in [0.29, 0.717) is 24.3 Å². The Balaban J connectivity index is 1.69. The molecule has 1 N–H and O–H groups in total. The zero-order valence-electron chi connectivity index (χ0n) is 8.14. The molecule has 0 aliphatic heterocycles. The van der Waals surface area contributed by atoms with Crippen molar-refractivity contribution in [1.82, 2.24) is 15.5 Å². The highest BCUT2D eigenvalue weighted by molar-refractivity contribution is 5.51. The Morgan fingerprint density at radius 3 is 3.13 bits per heavy atom. The zero-order valence-corrected chi connectivity index (χ0v) is 8.14. The number of rotatable bonds is 4. The van der Waals surface area contributed by atoms with Gasteiger partial charge in [-0.2, -0.15) is 4.98 Å². The van der Waals surface area contributed by atoms with E-state index >= 15 is 0 Å². The van der Waals surface area contributed by atoms with Crippen molar-refractivity contribution in [3.05, 3.63) is 24.5 Å². The van der Waals surface area contributed by atoms with E-state index in [9.17, 15) is 0 Å². The second-order valence-electron chi connectivity index (χ2n) is 3.68. The van der Waals surface area contributed by atoms with Crippen LogP contribution in [-0.2, 0) is 6.54 Å². The summed E-state index contributed by atoms with van der Waals surface area (Å²) in [5.74, 6) is 1.20. The number of furan rings is 1. The number of aromatic nitrogens is 2. The highest BCUT2D eigenvalue weighted by Crippen LogP contribution is 2.20. The highest BCUT2D eigenvalue weighted by Gasteiger charge is 2.21. The topological polar surface area (TPSA) is 64.1 Å². The van der Waals surface area contributed by atoms with Crippen LogP contribution in [0, 0.1) is 0 Å². The Hall–Kier alpha value is -1.62. The lowest BCUT2D eigenvalue weighted by molar-refractivity contribution is 0.367. The molecule has 2 heterocycles. The van der Waals surface area contributed by atoms with Gasteiger partial charge in [-0.1, -0.05) is 5.16 Å². The number of nitrogens with zero attached hydrogens (tertiary/aromatic N) is 2. The zero-order chi connectivity index (χ0) is 10.1. The normalized spacial score (nSPS) is 15.7. The summed E-state index contributed by atoms with van der Waals surface area (Å²) in [5.41, 5.74) is 0.844. The minimum atomic E-state index is 0.580. The summed E-state index contributed by atoms with van der Waals surface area (Å²) in [6, 6.07) is 2.46. The van der Waals surface area contributed by atoms with E-state index in [1.54, 1.807) is 12.5 Å². The molecule has 0 spiro atoms. The SMILES string of the molecule is c1cc(-c2noc(CNC3CC3)n2)co1. The van der Waals surface area contributed by atoms with E-state index in [-0.39, 0.29) is 0 Å². The van der Waals surface area contributed by atoms with Gasteiger partial charge in [-0.3, -0.25) is 0 Å². The molecule has 5 nitrogen and oxygen atoms in total. The minimum absolute atomic E-state index is 0.580. The van der Waals surface area contributed by atoms with Crippen LogP contribution in [0.3, 0.4) is 0 Å². The van der Waals surface area contributed by atoms with Crippen LogP contribution < -0.4 is 5.32 Å². The van der Waals surface area contributed by atoms with Crippen LogP contribution in [0.5, 0.6) is 0 Å². The van der Waals surface area contributed by atoms with Gasteiger partial charge in [0, 0.05) is 6.04 Å². The molecule has 15 heavy (non-hydrogen) atoms. The van der Waals surface area contributed by atoms with Gasteiger partial charge in [0.2, 0.25) is 11.7 Å². The van der Waals surface area contributed by atoms with Crippen LogP contribution in [0.2, 0.25) is 0 Å². The van der Waals surface area contributed by atoms with Gasteiger partial charge >= 0.3 is 0 Å². The summed E-state index contributed by atoms with van der Waals surface area (Å²) in [7, 11) is 0. The molecule has 0 unspecified atom stereocenters. The molecular formula is C10H11N3O2. The third-order valence-corrected chi connectivity index (χ3v) is 2.37. The van der Waals surface area contributed by atoms with Crippen molar-refractivity contribution in [3.63, 3.8) is 0 Å². The van der Waals surface area contributed by atoms with Crippen LogP contribution >= 0.6 is 0 Å². The molecule has 1 aliphatic rings. The number of hydrogen-bond donors (Lipinski definition) is 1. The maximum absolute atomic E-state index is 5.10. The third kappa shape index (κ3) is 1.92. The molecule has 2 aromatic heterocycles. The maximum Gasteiger partial charge on any atom is 0.240 e. The Morgan fingerprint density at radius 2 is 2.40 bits per heavy atom. The molecule has 1 aliphatic carbocycles. The monoisotopic (exact) mass is 205 g/mol. The second kappa shape index (κ2) is 3.51. The Kier molecular flexibility index (Phi) is 2.03. The molecule has 0 amide bonds.